The molecule has 3 atom stereocenters. The van der Waals surface area contributed by atoms with Crippen LogP contribution in [0.2, 0.25) is 0 Å². The van der Waals surface area contributed by atoms with Crippen LogP contribution in [-0.4, -0.2) is 36.8 Å². The molecule has 8 heteroatoms. The number of piperidine rings is 1. The van der Waals surface area contributed by atoms with E-state index >= 15 is 0 Å². The monoisotopic (exact) mass is 439 g/mol. The van der Waals surface area contributed by atoms with Crippen LogP contribution in [0.4, 0.5) is 4.39 Å². The number of carbonyl (C=O) groups excluding carboxylic acids is 2. The molecule has 2 saturated carbocycles. The second kappa shape index (κ2) is 8.13. The lowest BCUT2D eigenvalue weighted by atomic mass is 9.70. The summed E-state index contributed by atoms with van der Waals surface area (Å²) in [4.78, 5) is 23.2. The van der Waals surface area contributed by atoms with Crippen LogP contribution < -0.4 is 5.32 Å². The van der Waals surface area contributed by atoms with E-state index in [1.54, 1.807) is 6.07 Å². The highest BCUT2D eigenvalue weighted by molar-refractivity contribution is 7.85. The van der Waals surface area contributed by atoms with Crippen molar-refractivity contribution in [3.05, 3.63) is 35.1 Å². The largest absolute Gasteiger partial charge is 0.309 e. The van der Waals surface area contributed by atoms with E-state index in [1.807, 2.05) is 20.8 Å². The number of nitrogens with one attached hydrogen (secondary N) is 1. The van der Waals surface area contributed by atoms with Crippen LogP contribution in [0, 0.1) is 29.5 Å². The molecule has 4 rings (SSSR count). The summed E-state index contributed by atoms with van der Waals surface area (Å²) in [6, 6.07) is 4.78. The lowest BCUT2D eigenvalue weighted by Gasteiger charge is -2.35. The molecule has 3 aliphatic rings. The molecular weight excluding hydrogens is 409 g/mol. The maximum atomic E-state index is 12.9. The van der Waals surface area contributed by atoms with Crippen LogP contribution in [0.5, 0.6) is 0 Å². The van der Waals surface area contributed by atoms with E-state index in [1.165, 1.54) is 12.1 Å². The zero-order valence-corrected chi connectivity index (χ0v) is 18.5. The fraction of sp³-hybridized carbons (Fsp3) is 0.636. The van der Waals surface area contributed by atoms with Gasteiger partial charge in [-0.05, 0) is 54.4 Å². The predicted octanol–water partition coefficient (Wildman–Crippen LogP) is 3.40. The van der Waals surface area contributed by atoms with Gasteiger partial charge >= 0.3 is 0 Å². The summed E-state index contributed by atoms with van der Waals surface area (Å²) >= 11 is 0. The Morgan fingerprint density at radius 1 is 1.23 bits per heavy atom. The molecule has 3 fully saturated rings. The summed E-state index contributed by atoms with van der Waals surface area (Å²) < 4.78 is 43.9. The van der Waals surface area contributed by atoms with Gasteiger partial charge in [-0.3, -0.25) is 14.1 Å². The van der Waals surface area contributed by atoms with E-state index in [9.17, 15) is 22.4 Å². The summed E-state index contributed by atoms with van der Waals surface area (Å²) in [7, 11) is -4.08. The lowest BCUT2D eigenvalue weighted by molar-refractivity contribution is -0.128. The molecule has 166 valence electrons. The van der Waals surface area contributed by atoms with Crippen molar-refractivity contribution in [1.82, 2.24) is 5.32 Å². The fourth-order valence-electron chi connectivity index (χ4n) is 5.46. The van der Waals surface area contributed by atoms with Crippen LogP contribution in [0.15, 0.2) is 18.2 Å². The average molecular weight is 440 g/mol. The second-order valence-electron chi connectivity index (χ2n) is 9.39. The molecule has 1 aromatic rings. The van der Waals surface area contributed by atoms with Crippen LogP contribution >= 0.6 is 0 Å². The Balaban J connectivity index is 0.000000171. The first-order valence-corrected chi connectivity index (χ1v) is 12.0. The number of ketones is 2. The van der Waals surface area contributed by atoms with Crippen molar-refractivity contribution in [2.45, 2.75) is 58.9 Å². The molecule has 0 spiro atoms. The quantitative estimate of drug-likeness (QED) is 0.700. The molecule has 1 aliphatic heterocycles. The average Bonchev–Trinajstić information content (AvgIpc) is 2.95. The lowest BCUT2D eigenvalue weighted by Crippen LogP contribution is -2.42. The van der Waals surface area contributed by atoms with Gasteiger partial charge in [0.05, 0.1) is 11.2 Å². The number of carbonyl (C=O) groups is 2. The minimum Gasteiger partial charge on any atom is -0.309 e. The maximum Gasteiger partial charge on any atom is 0.265 e. The molecule has 2 bridgehead atoms. The third kappa shape index (κ3) is 4.36. The first kappa shape index (κ1) is 23.0. The molecule has 1 heterocycles. The van der Waals surface area contributed by atoms with E-state index in [-0.39, 0.29) is 34.8 Å². The van der Waals surface area contributed by atoms with E-state index in [0.29, 0.717) is 25.7 Å². The minimum atomic E-state index is -4.08. The Morgan fingerprint density at radius 2 is 1.93 bits per heavy atom. The number of rotatable bonds is 3. The standard InChI is InChI=1S/C12H14FNO.C10H16O4S/c1-8-6-9(13)2-3-11(8)12-7-10(15)4-5-14-12;1-9(2)7-3-4-10(9,8(11)5-7)6-15(12,13)14/h2-3,6,12,14H,4-5,7H2,1H3;7H,3-6H2,1-2H3,(H,12,13,14)/t;7-,10-/m.0/s1. The smallest absolute Gasteiger partial charge is 0.265 e. The van der Waals surface area contributed by atoms with Crippen molar-refractivity contribution >= 4 is 21.7 Å². The van der Waals surface area contributed by atoms with E-state index in [0.717, 1.165) is 24.1 Å². The Hall–Kier alpha value is -1.64. The van der Waals surface area contributed by atoms with Gasteiger partial charge in [0.15, 0.2) is 0 Å². The van der Waals surface area contributed by atoms with E-state index < -0.39 is 21.3 Å². The Bertz CT molecular complexity index is 958. The normalized spacial score (nSPS) is 30.2. The third-order valence-corrected chi connectivity index (χ3v) is 8.26. The van der Waals surface area contributed by atoms with Gasteiger partial charge in [0, 0.05) is 31.8 Å². The Morgan fingerprint density at radius 3 is 2.43 bits per heavy atom. The summed E-state index contributed by atoms with van der Waals surface area (Å²) in [5, 5.41) is 3.28. The molecule has 2 N–H and O–H groups in total. The molecule has 30 heavy (non-hydrogen) atoms. The number of halogens is 1. The first-order valence-electron chi connectivity index (χ1n) is 10.4. The number of hydrogen-bond acceptors (Lipinski definition) is 5. The van der Waals surface area contributed by atoms with Crippen molar-refractivity contribution in [2.24, 2.45) is 16.7 Å². The highest BCUT2D eigenvalue weighted by Gasteiger charge is 2.65. The molecule has 0 amide bonds. The van der Waals surface area contributed by atoms with Crippen molar-refractivity contribution < 1.29 is 27.0 Å². The van der Waals surface area contributed by atoms with Crippen LogP contribution in [0.1, 0.15) is 63.1 Å². The summed E-state index contributed by atoms with van der Waals surface area (Å²) in [5.74, 6) is -0.0449. The molecule has 0 radical (unpaired) electrons. The third-order valence-electron chi connectivity index (χ3n) is 7.40. The van der Waals surface area contributed by atoms with Crippen LogP contribution in [0.25, 0.3) is 0 Å². The van der Waals surface area contributed by atoms with E-state index in [2.05, 4.69) is 5.32 Å². The van der Waals surface area contributed by atoms with Crippen molar-refractivity contribution in [2.75, 3.05) is 12.3 Å². The number of benzene rings is 1. The fourth-order valence-corrected chi connectivity index (χ4v) is 6.76. The number of hydrogen-bond donors (Lipinski definition) is 2. The predicted molar refractivity (Wildman–Crippen MR) is 111 cm³/mol. The number of Topliss-reactive ketones (excluding diaryl/α,β-unsaturated/α-hetero) is 2. The number of aryl methyl sites for hydroxylation is 1. The van der Waals surface area contributed by atoms with Crippen molar-refractivity contribution in [3.63, 3.8) is 0 Å². The minimum absolute atomic E-state index is 0.0152. The van der Waals surface area contributed by atoms with Gasteiger partial charge in [-0.25, -0.2) is 4.39 Å². The van der Waals surface area contributed by atoms with Gasteiger partial charge in [0.1, 0.15) is 17.4 Å². The van der Waals surface area contributed by atoms with Crippen LogP contribution in [0.3, 0.4) is 0 Å². The van der Waals surface area contributed by atoms with Gasteiger partial charge in [0.25, 0.3) is 10.1 Å². The second-order valence-corrected chi connectivity index (χ2v) is 10.8. The highest BCUT2D eigenvalue weighted by atomic mass is 32.2. The summed E-state index contributed by atoms with van der Waals surface area (Å²) in [6.07, 6.45) is 3.10. The SMILES string of the molecule is CC1(C)[C@H]2CC[C@]1(CS(=O)(=O)O)C(=O)C2.Cc1cc(F)ccc1C1CC(=O)CCN1. The zero-order chi connectivity index (χ0) is 22.3. The molecule has 1 unspecified atom stereocenters. The Labute approximate surface area is 177 Å². The van der Waals surface area contributed by atoms with Gasteiger partial charge < -0.3 is 5.32 Å². The van der Waals surface area contributed by atoms with Gasteiger partial charge in [-0.1, -0.05) is 19.9 Å². The van der Waals surface area contributed by atoms with E-state index in [4.69, 9.17) is 4.55 Å². The first-order chi connectivity index (χ1) is 13.9. The molecule has 2 aliphatic carbocycles. The van der Waals surface area contributed by atoms with Gasteiger partial charge in [-0.15, -0.1) is 0 Å². The zero-order valence-electron chi connectivity index (χ0n) is 17.7. The molecule has 6 nitrogen and oxygen atoms in total. The maximum absolute atomic E-state index is 12.9. The van der Waals surface area contributed by atoms with Gasteiger partial charge in [0.2, 0.25) is 0 Å². The molecule has 0 aromatic heterocycles. The highest BCUT2D eigenvalue weighted by Crippen LogP contribution is 2.64. The van der Waals surface area contributed by atoms with Crippen molar-refractivity contribution in [3.8, 4) is 0 Å². The van der Waals surface area contributed by atoms with Gasteiger partial charge in [-0.2, -0.15) is 8.42 Å². The summed E-state index contributed by atoms with van der Waals surface area (Å²) in [5.41, 5.74) is 0.817. The number of fused-ring (bicyclic) bond motifs is 2. The van der Waals surface area contributed by atoms with Crippen molar-refractivity contribution in [1.29, 1.82) is 0 Å². The summed E-state index contributed by atoms with van der Waals surface area (Å²) in [6.45, 7) is 6.49. The Kier molecular flexibility index (Phi) is 6.24. The molecular formula is C22H30FNO5S. The molecule has 1 saturated heterocycles. The van der Waals surface area contributed by atoms with Crippen LogP contribution in [-0.2, 0) is 19.7 Å². The molecule has 1 aromatic carbocycles. The topological polar surface area (TPSA) is 101 Å².